The Balaban J connectivity index is 3.11. The number of carbonyl (C=O) groups excluding carboxylic acids is 1. The van der Waals surface area contributed by atoms with Gasteiger partial charge in [0.1, 0.15) is 0 Å². The van der Waals surface area contributed by atoms with Gasteiger partial charge in [-0.05, 0) is 13.3 Å². The van der Waals surface area contributed by atoms with Crippen molar-refractivity contribution in [3.63, 3.8) is 0 Å². The summed E-state index contributed by atoms with van der Waals surface area (Å²) in [5.41, 5.74) is 4.94. The van der Waals surface area contributed by atoms with Gasteiger partial charge in [0.05, 0.1) is 0 Å². The van der Waals surface area contributed by atoms with Gasteiger partial charge in [-0.3, -0.25) is 4.79 Å². The zero-order valence-electron chi connectivity index (χ0n) is 6.68. The predicted molar refractivity (Wildman–Crippen MR) is 41.6 cm³/mol. The van der Waals surface area contributed by atoms with Crippen molar-refractivity contribution in [3.05, 3.63) is 0 Å². The number of amides is 1. The van der Waals surface area contributed by atoms with Gasteiger partial charge in [-0.15, -0.1) is 0 Å². The molecule has 0 spiro atoms. The smallest absolute Gasteiger partial charge is 0.218 e. The molecule has 3 heteroatoms. The molecule has 0 unspecified atom stereocenters. The summed E-state index contributed by atoms with van der Waals surface area (Å²) < 4.78 is 0. The molecule has 0 saturated heterocycles. The lowest BCUT2D eigenvalue weighted by molar-refractivity contribution is -0.117. The zero-order valence-corrected chi connectivity index (χ0v) is 6.68. The second kappa shape index (κ2) is 5.23. The Morgan fingerprint density at radius 1 is 1.70 bits per heavy atom. The highest BCUT2D eigenvalue weighted by atomic mass is 16.1. The molecular weight excluding hydrogens is 128 g/mol. The fraction of sp³-hybridized carbons (Fsp3) is 0.857. The van der Waals surface area contributed by atoms with E-state index in [-0.39, 0.29) is 5.91 Å². The molecule has 60 valence electrons. The second-order valence-electron chi connectivity index (χ2n) is 2.48. The van der Waals surface area contributed by atoms with Crippen LogP contribution in [0.2, 0.25) is 0 Å². The number of nitrogens with two attached hydrogens (primary N) is 1. The van der Waals surface area contributed by atoms with E-state index in [2.05, 4.69) is 19.2 Å². The molecule has 0 aromatic rings. The lowest BCUT2D eigenvalue weighted by Crippen LogP contribution is -2.29. The summed E-state index contributed by atoms with van der Waals surface area (Å²) in [6.45, 7) is 4.88. The third-order valence-electron chi connectivity index (χ3n) is 1.48. The summed E-state index contributed by atoms with van der Waals surface area (Å²) in [6.07, 6.45) is 1.52. The van der Waals surface area contributed by atoms with E-state index in [1.807, 2.05) is 0 Å². The van der Waals surface area contributed by atoms with E-state index in [1.54, 1.807) is 0 Å². The Morgan fingerprint density at radius 2 is 2.30 bits per heavy atom. The molecule has 10 heavy (non-hydrogen) atoms. The zero-order chi connectivity index (χ0) is 7.98. The van der Waals surface area contributed by atoms with Crippen LogP contribution in [0.4, 0.5) is 0 Å². The van der Waals surface area contributed by atoms with Gasteiger partial charge in [0.2, 0.25) is 5.91 Å². The fourth-order valence-electron chi connectivity index (χ4n) is 0.586. The molecule has 0 aliphatic carbocycles. The van der Waals surface area contributed by atoms with Crippen molar-refractivity contribution in [2.75, 3.05) is 6.54 Å². The third kappa shape index (κ3) is 5.56. The average Bonchev–Trinajstić information content (AvgIpc) is 1.87. The molecule has 0 fully saturated rings. The van der Waals surface area contributed by atoms with Crippen LogP contribution in [0.5, 0.6) is 0 Å². The topological polar surface area (TPSA) is 55.1 Å². The molecule has 0 heterocycles. The number of hydrogen-bond donors (Lipinski definition) is 2. The fourth-order valence-corrected chi connectivity index (χ4v) is 0.586. The minimum atomic E-state index is -0.240. The highest BCUT2D eigenvalue weighted by Gasteiger charge is 1.97. The van der Waals surface area contributed by atoms with E-state index in [0.717, 1.165) is 6.42 Å². The Bertz CT molecular complexity index is 104. The second-order valence-corrected chi connectivity index (χ2v) is 2.48. The van der Waals surface area contributed by atoms with Crippen molar-refractivity contribution < 1.29 is 4.79 Å². The first-order valence-corrected chi connectivity index (χ1v) is 3.68. The first kappa shape index (κ1) is 9.43. The summed E-state index contributed by atoms with van der Waals surface area (Å²) in [6, 6.07) is 0.486. The maximum atomic E-state index is 10.3. The third-order valence-corrected chi connectivity index (χ3v) is 1.48. The molecule has 0 bridgehead atoms. The molecule has 0 aliphatic heterocycles. The largest absolute Gasteiger partial charge is 0.370 e. The number of carbonyl (C=O) groups is 1. The van der Waals surface area contributed by atoms with Gasteiger partial charge in [-0.2, -0.15) is 0 Å². The van der Waals surface area contributed by atoms with Gasteiger partial charge in [0.25, 0.3) is 0 Å². The van der Waals surface area contributed by atoms with Crippen LogP contribution >= 0.6 is 0 Å². The Hall–Kier alpha value is -0.570. The quantitative estimate of drug-likeness (QED) is 0.581. The SMILES string of the molecule is CC[C@@H](C)NCCC(N)=O. The highest BCUT2D eigenvalue weighted by Crippen LogP contribution is 1.86. The lowest BCUT2D eigenvalue weighted by Gasteiger charge is -2.08. The molecule has 1 amide bonds. The van der Waals surface area contributed by atoms with Gasteiger partial charge >= 0.3 is 0 Å². The maximum absolute atomic E-state index is 10.3. The summed E-state index contributed by atoms with van der Waals surface area (Å²) in [5, 5.41) is 3.16. The number of hydrogen-bond acceptors (Lipinski definition) is 2. The first-order valence-electron chi connectivity index (χ1n) is 3.68. The molecule has 0 rings (SSSR count). The maximum Gasteiger partial charge on any atom is 0.218 e. The molecule has 1 atom stereocenters. The van der Waals surface area contributed by atoms with Crippen molar-refractivity contribution >= 4 is 5.91 Å². The summed E-state index contributed by atoms with van der Waals surface area (Å²) in [7, 11) is 0. The molecule has 3 nitrogen and oxygen atoms in total. The molecule has 0 radical (unpaired) electrons. The molecule has 3 N–H and O–H groups in total. The molecule has 0 aromatic heterocycles. The van der Waals surface area contributed by atoms with Crippen LogP contribution in [0.25, 0.3) is 0 Å². The van der Waals surface area contributed by atoms with E-state index < -0.39 is 0 Å². The minimum Gasteiger partial charge on any atom is -0.370 e. The van der Waals surface area contributed by atoms with Crippen molar-refractivity contribution in [1.82, 2.24) is 5.32 Å². The normalized spacial score (nSPS) is 13.0. The van der Waals surface area contributed by atoms with Gasteiger partial charge in [-0.25, -0.2) is 0 Å². The Labute approximate surface area is 62.0 Å². The monoisotopic (exact) mass is 144 g/mol. The van der Waals surface area contributed by atoms with E-state index >= 15 is 0 Å². The standard InChI is InChI=1S/C7H16N2O/c1-3-6(2)9-5-4-7(8)10/h6,9H,3-5H2,1-2H3,(H2,8,10)/t6-/m1/s1. The van der Waals surface area contributed by atoms with Crippen LogP contribution in [-0.2, 0) is 4.79 Å². The van der Waals surface area contributed by atoms with Crippen LogP contribution < -0.4 is 11.1 Å². The number of primary amides is 1. The Kier molecular flexibility index (Phi) is 4.94. The lowest BCUT2D eigenvalue weighted by atomic mass is 10.2. The van der Waals surface area contributed by atoms with E-state index in [0.29, 0.717) is 19.0 Å². The average molecular weight is 144 g/mol. The van der Waals surface area contributed by atoms with Crippen molar-refractivity contribution in [1.29, 1.82) is 0 Å². The van der Waals surface area contributed by atoms with Crippen molar-refractivity contribution in [2.24, 2.45) is 5.73 Å². The highest BCUT2D eigenvalue weighted by molar-refractivity contribution is 5.73. The van der Waals surface area contributed by atoms with Crippen LogP contribution in [0.1, 0.15) is 26.7 Å². The van der Waals surface area contributed by atoms with Gasteiger partial charge in [0.15, 0.2) is 0 Å². The number of rotatable bonds is 5. The van der Waals surface area contributed by atoms with Crippen molar-refractivity contribution in [3.8, 4) is 0 Å². The van der Waals surface area contributed by atoms with Crippen LogP contribution in [0, 0.1) is 0 Å². The van der Waals surface area contributed by atoms with E-state index in [9.17, 15) is 4.79 Å². The van der Waals surface area contributed by atoms with Crippen molar-refractivity contribution in [2.45, 2.75) is 32.7 Å². The van der Waals surface area contributed by atoms with Gasteiger partial charge < -0.3 is 11.1 Å². The predicted octanol–water partition coefficient (Wildman–Crippen LogP) is 0.250. The first-order chi connectivity index (χ1) is 4.66. The molecule has 0 aromatic carbocycles. The van der Waals surface area contributed by atoms with E-state index in [4.69, 9.17) is 5.73 Å². The summed E-state index contributed by atoms with van der Waals surface area (Å²) >= 11 is 0. The number of nitrogens with one attached hydrogen (secondary N) is 1. The minimum absolute atomic E-state index is 0.240. The Morgan fingerprint density at radius 3 is 2.70 bits per heavy atom. The van der Waals surface area contributed by atoms with E-state index in [1.165, 1.54) is 0 Å². The van der Waals surface area contributed by atoms with Crippen LogP contribution in [-0.4, -0.2) is 18.5 Å². The van der Waals surface area contributed by atoms with Gasteiger partial charge in [-0.1, -0.05) is 6.92 Å². The molecular formula is C7H16N2O. The summed E-state index contributed by atoms with van der Waals surface area (Å²) in [4.78, 5) is 10.3. The molecule has 0 saturated carbocycles. The van der Waals surface area contributed by atoms with Crippen LogP contribution in [0.15, 0.2) is 0 Å². The van der Waals surface area contributed by atoms with Crippen LogP contribution in [0.3, 0.4) is 0 Å². The summed E-state index contributed by atoms with van der Waals surface area (Å²) in [5.74, 6) is -0.240. The van der Waals surface area contributed by atoms with Gasteiger partial charge in [0, 0.05) is 19.0 Å². The molecule has 0 aliphatic rings.